The van der Waals surface area contributed by atoms with Gasteiger partial charge in [-0.3, -0.25) is 9.59 Å². The van der Waals surface area contributed by atoms with Gasteiger partial charge in [0.2, 0.25) is 5.91 Å². The highest BCUT2D eigenvalue weighted by Crippen LogP contribution is 2.32. The fourth-order valence-corrected chi connectivity index (χ4v) is 3.95. The Hall–Kier alpha value is -3.06. The van der Waals surface area contributed by atoms with Crippen LogP contribution in [0.2, 0.25) is 0 Å². The number of amides is 1. The highest BCUT2D eigenvalue weighted by molar-refractivity contribution is 8.15. The number of hydrogen-bond donors (Lipinski definition) is 2. The molecule has 0 aromatic heterocycles. The number of ether oxygens (including phenoxy) is 1. The first-order valence-corrected chi connectivity index (χ1v) is 11.1. The number of hydrogen-bond acceptors (Lipinski definition) is 6. The van der Waals surface area contributed by atoms with Gasteiger partial charge >= 0.3 is 5.97 Å². The molecule has 0 unspecified atom stereocenters. The second-order valence-corrected chi connectivity index (χ2v) is 8.60. The average molecular weight is 438 g/mol. The van der Waals surface area contributed by atoms with Crippen molar-refractivity contribution in [3.05, 3.63) is 65.4 Å². The molecule has 2 aromatic carbocycles. The van der Waals surface area contributed by atoms with Crippen molar-refractivity contribution < 1.29 is 14.3 Å². The molecule has 0 radical (unpaired) electrons. The van der Waals surface area contributed by atoms with Gasteiger partial charge in [0.1, 0.15) is 0 Å². The van der Waals surface area contributed by atoms with Crippen LogP contribution in [0.15, 0.2) is 59.2 Å². The lowest BCUT2D eigenvalue weighted by Crippen LogP contribution is -2.24. The van der Waals surface area contributed by atoms with Gasteiger partial charge in [0.15, 0.2) is 0 Å². The van der Waals surface area contributed by atoms with Crippen LogP contribution in [0.3, 0.4) is 0 Å². The van der Waals surface area contributed by atoms with E-state index in [0.29, 0.717) is 17.3 Å². The number of para-hydroxylation sites is 2. The molecule has 7 heteroatoms. The molecule has 0 fully saturated rings. The zero-order valence-corrected chi connectivity index (χ0v) is 19.0. The van der Waals surface area contributed by atoms with Crippen LogP contribution >= 0.6 is 11.8 Å². The monoisotopic (exact) mass is 437 g/mol. The lowest BCUT2D eigenvalue weighted by atomic mass is 10.1. The van der Waals surface area contributed by atoms with E-state index in [0.717, 1.165) is 28.2 Å². The van der Waals surface area contributed by atoms with Crippen LogP contribution in [0.4, 0.5) is 17.1 Å². The zero-order valence-electron chi connectivity index (χ0n) is 18.2. The van der Waals surface area contributed by atoms with Gasteiger partial charge in [0, 0.05) is 11.4 Å². The van der Waals surface area contributed by atoms with E-state index in [1.165, 1.54) is 11.8 Å². The summed E-state index contributed by atoms with van der Waals surface area (Å²) in [6.07, 6.45) is 1.91. The molecular weight excluding hydrogens is 410 g/mol. The number of carbonyl (C=O) groups excluding carboxylic acids is 2. The predicted octanol–water partition coefficient (Wildman–Crippen LogP) is 5.36. The molecule has 1 aliphatic heterocycles. The summed E-state index contributed by atoms with van der Waals surface area (Å²) in [7, 11) is 0. The molecule has 0 saturated carbocycles. The van der Waals surface area contributed by atoms with Gasteiger partial charge in [0.25, 0.3) is 0 Å². The van der Waals surface area contributed by atoms with Crippen molar-refractivity contribution >= 4 is 45.7 Å². The first kappa shape index (κ1) is 22.6. The molecule has 1 heterocycles. The third kappa shape index (κ3) is 5.98. The SMILES string of the molecule is CCOC(=O)CC1=CC(S[C@H](C)C(=O)Nc2cccc(C)c2C)=Nc2ccccc2N1. The molecule has 0 bridgehead atoms. The Balaban J connectivity index is 1.79. The van der Waals surface area contributed by atoms with E-state index in [-0.39, 0.29) is 23.5 Å². The fourth-order valence-electron chi connectivity index (χ4n) is 3.06. The summed E-state index contributed by atoms with van der Waals surface area (Å²) in [6, 6.07) is 13.5. The third-order valence-corrected chi connectivity index (χ3v) is 5.92. The van der Waals surface area contributed by atoms with Crippen molar-refractivity contribution in [2.45, 2.75) is 39.4 Å². The third-order valence-electron chi connectivity index (χ3n) is 4.90. The number of aliphatic imine (C=N–C) groups is 1. The molecule has 0 saturated heterocycles. The predicted molar refractivity (Wildman–Crippen MR) is 128 cm³/mol. The van der Waals surface area contributed by atoms with Crippen molar-refractivity contribution in [2.24, 2.45) is 4.99 Å². The van der Waals surface area contributed by atoms with Gasteiger partial charge in [0.05, 0.1) is 34.7 Å². The van der Waals surface area contributed by atoms with Gasteiger partial charge in [-0.2, -0.15) is 0 Å². The number of rotatable bonds is 6. The Morgan fingerprint density at radius 1 is 1.16 bits per heavy atom. The minimum Gasteiger partial charge on any atom is -0.466 e. The number of carbonyl (C=O) groups is 2. The second kappa shape index (κ2) is 10.3. The highest BCUT2D eigenvalue weighted by atomic mass is 32.2. The summed E-state index contributed by atoms with van der Waals surface area (Å²) in [6.45, 7) is 7.96. The minimum atomic E-state index is -0.385. The number of fused-ring (bicyclic) bond motifs is 1. The summed E-state index contributed by atoms with van der Waals surface area (Å²) in [5.41, 5.74) is 5.22. The van der Waals surface area contributed by atoms with Crippen molar-refractivity contribution in [3.8, 4) is 0 Å². The molecule has 0 spiro atoms. The van der Waals surface area contributed by atoms with Crippen LogP contribution in [-0.4, -0.2) is 28.8 Å². The van der Waals surface area contributed by atoms with Gasteiger partial charge in [-0.25, -0.2) is 4.99 Å². The lowest BCUT2D eigenvalue weighted by Gasteiger charge is -2.14. The van der Waals surface area contributed by atoms with Crippen LogP contribution in [0.5, 0.6) is 0 Å². The van der Waals surface area contributed by atoms with Gasteiger partial charge in [-0.15, -0.1) is 0 Å². The van der Waals surface area contributed by atoms with Crippen LogP contribution in [-0.2, 0) is 14.3 Å². The number of thioether (sulfide) groups is 1. The smallest absolute Gasteiger partial charge is 0.311 e. The van der Waals surface area contributed by atoms with Crippen LogP contribution in [0.25, 0.3) is 0 Å². The molecule has 162 valence electrons. The van der Waals surface area contributed by atoms with E-state index in [1.807, 2.05) is 69.3 Å². The van der Waals surface area contributed by atoms with E-state index in [1.54, 1.807) is 6.92 Å². The van der Waals surface area contributed by atoms with Gasteiger partial charge in [-0.05, 0) is 63.1 Å². The Kier molecular flexibility index (Phi) is 7.52. The lowest BCUT2D eigenvalue weighted by molar-refractivity contribution is -0.142. The van der Waals surface area contributed by atoms with E-state index in [4.69, 9.17) is 9.73 Å². The number of benzene rings is 2. The summed E-state index contributed by atoms with van der Waals surface area (Å²) >= 11 is 1.35. The summed E-state index contributed by atoms with van der Waals surface area (Å²) in [5.74, 6) is -0.419. The topological polar surface area (TPSA) is 79.8 Å². The molecule has 2 N–H and O–H groups in total. The van der Waals surface area contributed by atoms with E-state index >= 15 is 0 Å². The number of esters is 1. The number of aryl methyl sites for hydroxylation is 1. The summed E-state index contributed by atoms with van der Waals surface area (Å²) in [5, 5.41) is 6.54. The maximum atomic E-state index is 12.8. The van der Waals surface area contributed by atoms with E-state index in [9.17, 15) is 9.59 Å². The molecule has 6 nitrogen and oxygen atoms in total. The summed E-state index contributed by atoms with van der Waals surface area (Å²) < 4.78 is 5.08. The van der Waals surface area contributed by atoms with E-state index in [2.05, 4.69) is 10.6 Å². The molecule has 31 heavy (non-hydrogen) atoms. The minimum absolute atomic E-state index is 0.102. The van der Waals surface area contributed by atoms with Crippen molar-refractivity contribution in [3.63, 3.8) is 0 Å². The maximum absolute atomic E-state index is 12.8. The second-order valence-electron chi connectivity index (χ2n) is 7.24. The van der Waals surface area contributed by atoms with Crippen LogP contribution in [0, 0.1) is 13.8 Å². The van der Waals surface area contributed by atoms with Crippen LogP contribution < -0.4 is 10.6 Å². The summed E-state index contributed by atoms with van der Waals surface area (Å²) in [4.78, 5) is 29.6. The molecule has 2 aromatic rings. The fraction of sp³-hybridized carbons (Fsp3) is 0.292. The standard InChI is InChI=1S/C24H27N3O3S/c1-5-30-23(28)14-18-13-22(26-21-11-7-6-10-20(21)25-18)31-17(4)24(29)27-19-12-8-9-15(2)16(19)3/h6-13,17,25H,5,14H2,1-4H3,(H,27,29)/t17-/m1/s1. The van der Waals surface area contributed by atoms with Crippen LogP contribution in [0.1, 0.15) is 31.4 Å². The Labute approximate surface area is 187 Å². The Morgan fingerprint density at radius 2 is 1.94 bits per heavy atom. The van der Waals surface area contributed by atoms with Gasteiger partial charge in [-0.1, -0.05) is 36.0 Å². The maximum Gasteiger partial charge on any atom is 0.311 e. The molecule has 0 aliphatic carbocycles. The Bertz CT molecular complexity index is 1050. The first-order chi connectivity index (χ1) is 14.9. The first-order valence-electron chi connectivity index (χ1n) is 10.2. The quantitative estimate of drug-likeness (QED) is 0.595. The average Bonchev–Trinajstić information content (AvgIpc) is 2.89. The Morgan fingerprint density at radius 3 is 2.71 bits per heavy atom. The van der Waals surface area contributed by atoms with Gasteiger partial charge < -0.3 is 15.4 Å². The molecular formula is C24H27N3O3S. The number of anilines is 2. The highest BCUT2D eigenvalue weighted by Gasteiger charge is 2.20. The van der Waals surface area contributed by atoms with Crippen molar-refractivity contribution in [2.75, 3.05) is 17.2 Å². The largest absolute Gasteiger partial charge is 0.466 e. The molecule has 1 atom stereocenters. The molecule has 1 amide bonds. The number of nitrogens with one attached hydrogen (secondary N) is 2. The normalized spacial score (nSPS) is 13.7. The molecule has 1 aliphatic rings. The zero-order chi connectivity index (χ0) is 22.4. The molecule has 3 rings (SSSR count). The van der Waals surface area contributed by atoms with Crippen molar-refractivity contribution in [1.82, 2.24) is 0 Å². The van der Waals surface area contributed by atoms with Crippen molar-refractivity contribution in [1.29, 1.82) is 0 Å². The number of nitrogens with zero attached hydrogens (tertiary/aromatic N) is 1. The van der Waals surface area contributed by atoms with E-state index < -0.39 is 0 Å².